The minimum atomic E-state index is 0.561. The molecule has 0 heterocycles. The van der Waals surface area contributed by atoms with Crippen LogP contribution in [0.5, 0.6) is 0 Å². The Bertz CT molecular complexity index is 219. The van der Waals surface area contributed by atoms with E-state index in [2.05, 4.69) is 19.2 Å². The molecule has 1 atom stereocenters. The number of nitrogens with one attached hydrogen (secondary N) is 1. The quantitative estimate of drug-likeness (QED) is 0.515. The average Bonchev–Trinajstić information content (AvgIpc) is 2.54. The molecule has 3 nitrogen and oxygen atoms in total. The van der Waals surface area contributed by atoms with E-state index < -0.39 is 0 Å². The van der Waals surface area contributed by atoms with Crippen molar-refractivity contribution in [1.82, 2.24) is 5.32 Å². The van der Waals surface area contributed by atoms with E-state index in [0.29, 0.717) is 12.0 Å². The summed E-state index contributed by atoms with van der Waals surface area (Å²) in [5.74, 6) is 0. The standard InChI is InChI=1S/C16H33NO2/c1-16(2)9-6-7-15(8-10-16)17-11-4-5-12-19-14-13-18-3/h15,17H,4-14H2,1-3H3. The fourth-order valence-electron chi connectivity index (χ4n) is 2.75. The molecule has 114 valence electrons. The summed E-state index contributed by atoms with van der Waals surface area (Å²) in [5, 5.41) is 3.72. The lowest BCUT2D eigenvalue weighted by atomic mass is 9.85. The maximum absolute atomic E-state index is 5.46. The molecule has 3 heteroatoms. The summed E-state index contributed by atoms with van der Waals surface area (Å²) in [6, 6.07) is 0.746. The van der Waals surface area contributed by atoms with Gasteiger partial charge in [0.1, 0.15) is 0 Å². The van der Waals surface area contributed by atoms with Gasteiger partial charge in [-0.1, -0.05) is 20.3 Å². The van der Waals surface area contributed by atoms with Gasteiger partial charge in [-0.05, 0) is 50.5 Å². The predicted octanol–water partition coefficient (Wildman–Crippen LogP) is 3.38. The number of rotatable bonds is 9. The van der Waals surface area contributed by atoms with Crippen LogP contribution < -0.4 is 5.32 Å². The van der Waals surface area contributed by atoms with Crippen molar-refractivity contribution in [2.45, 2.75) is 64.8 Å². The highest BCUT2D eigenvalue weighted by atomic mass is 16.5. The van der Waals surface area contributed by atoms with E-state index >= 15 is 0 Å². The second-order valence-electron chi connectivity index (χ2n) is 6.56. The number of methoxy groups -OCH3 is 1. The van der Waals surface area contributed by atoms with Crippen LogP contribution in [-0.2, 0) is 9.47 Å². The minimum absolute atomic E-state index is 0.561. The van der Waals surface area contributed by atoms with Crippen LogP contribution in [0, 0.1) is 5.41 Å². The average molecular weight is 271 g/mol. The van der Waals surface area contributed by atoms with E-state index in [9.17, 15) is 0 Å². The Morgan fingerprint density at radius 2 is 1.89 bits per heavy atom. The Labute approximate surface area is 119 Å². The van der Waals surface area contributed by atoms with Gasteiger partial charge in [-0.3, -0.25) is 0 Å². The third-order valence-electron chi connectivity index (χ3n) is 4.16. The summed E-state index contributed by atoms with van der Waals surface area (Å²) in [4.78, 5) is 0. The van der Waals surface area contributed by atoms with Crippen molar-refractivity contribution >= 4 is 0 Å². The zero-order valence-corrected chi connectivity index (χ0v) is 13.2. The summed E-state index contributed by atoms with van der Waals surface area (Å²) in [6.07, 6.45) is 9.20. The van der Waals surface area contributed by atoms with Gasteiger partial charge >= 0.3 is 0 Å². The molecule has 0 aromatic heterocycles. The largest absolute Gasteiger partial charge is 0.382 e. The van der Waals surface area contributed by atoms with E-state index in [0.717, 1.165) is 32.2 Å². The Morgan fingerprint density at radius 3 is 2.68 bits per heavy atom. The van der Waals surface area contributed by atoms with E-state index in [1.54, 1.807) is 7.11 Å². The number of ether oxygens (including phenoxy) is 2. The zero-order chi connectivity index (χ0) is 14.0. The summed E-state index contributed by atoms with van der Waals surface area (Å²) < 4.78 is 10.4. The lowest BCUT2D eigenvalue weighted by Gasteiger charge is -2.22. The van der Waals surface area contributed by atoms with Gasteiger partial charge in [0.2, 0.25) is 0 Å². The summed E-state index contributed by atoms with van der Waals surface area (Å²) in [6.45, 7) is 8.25. The van der Waals surface area contributed by atoms with Crippen LogP contribution in [0.15, 0.2) is 0 Å². The molecule has 19 heavy (non-hydrogen) atoms. The van der Waals surface area contributed by atoms with Crippen molar-refractivity contribution < 1.29 is 9.47 Å². The number of unbranched alkanes of at least 4 members (excludes halogenated alkanes) is 1. The normalized spacial score (nSPS) is 23.2. The van der Waals surface area contributed by atoms with Crippen molar-refractivity contribution in [1.29, 1.82) is 0 Å². The van der Waals surface area contributed by atoms with Crippen LogP contribution in [0.1, 0.15) is 58.8 Å². The minimum Gasteiger partial charge on any atom is -0.382 e. The number of hydrogen-bond acceptors (Lipinski definition) is 3. The second kappa shape index (κ2) is 9.73. The van der Waals surface area contributed by atoms with Crippen LogP contribution in [-0.4, -0.2) is 39.5 Å². The first-order valence-electron chi connectivity index (χ1n) is 7.94. The van der Waals surface area contributed by atoms with Gasteiger partial charge < -0.3 is 14.8 Å². The first-order chi connectivity index (χ1) is 9.14. The first kappa shape index (κ1) is 16.9. The third-order valence-corrected chi connectivity index (χ3v) is 4.16. The Morgan fingerprint density at radius 1 is 1.05 bits per heavy atom. The molecule has 1 rings (SSSR count). The number of hydrogen-bond donors (Lipinski definition) is 1. The summed E-state index contributed by atoms with van der Waals surface area (Å²) >= 11 is 0. The third kappa shape index (κ3) is 8.61. The van der Waals surface area contributed by atoms with Crippen LogP contribution >= 0.6 is 0 Å². The predicted molar refractivity (Wildman–Crippen MR) is 80.6 cm³/mol. The molecule has 0 saturated heterocycles. The molecule has 1 aliphatic rings. The lowest BCUT2D eigenvalue weighted by molar-refractivity contribution is 0.0687. The molecular formula is C16H33NO2. The van der Waals surface area contributed by atoms with Crippen LogP contribution in [0.4, 0.5) is 0 Å². The zero-order valence-electron chi connectivity index (χ0n) is 13.2. The van der Waals surface area contributed by atoms with Crippen molar-refractivity contribution in [3.63, 3.8) is 0 Å². The molecule has 1 N–H and O–H groups in total. The summed E-state index contributed by atoms with van der Waals surface area (Å²) in [5.41, 5.74) is 0.561. The highest BCUT2D eigenvalue weighted by Gasteiger charge is 2.23. The molecule has 1 unspecified atom stereocenters. The van der Waals surface area contributed by atoms with Crippen molar-refractivity contribution in [3.8, 4) is 0 Å². The van der Waals surface area contributed by atoms with E-state index in [1.807, 2.05) is 0 Å². The van der Waals surface area contributed by atoms with Gasteiger partial charge in [0.15, 0.2) is 0 Å². The van der Waals surface area contributed by atoms with Crippen LogP contribution in [0.2, 0.25) is 0 Å². The SMILES string of the molecule is COCCOCCCCNC1CCCC(C)(C)CC1. The molecular weight excluding hydrogens is 238 g/mol. The lowest BCUT2D eigenvalue weighted by Crippen LogP contribution is -2.29. The maximum atomic E-state index is 5.46. The fourth-order valence-corrected chi connectivity index (χ4v) is 2.75. The molecule has 0 amide bonds. The van der Waals surface area contributed by atoms with Crippen molar-refractivity contribution in [2.24, 2.45) is 5.41 Å². The van der Waals surface area contributed by atoms with Crippen LogP contribution in [0.25, 0.3) is 0 Å². The fraction of sp³-hybridized carbons (Fsp3) is 1.00. The Hall–Kier alpha value is -0.120. The highest BCUT2D eigenvalue weighted by molar-refractivity contribution is 4.79. The molecule has 0 spiro atoms. The van der Waals surface area contributed by atoms with Crippen molar-refractivity contribution in [2.75, 3.05) is 33.5 Å². The van der Waals surface area contributed by atoms with E-state index in [-0.39, 0.29) is 0 Å². The van der Waals surface area contributed by atoms with E-state index in [4.69, 9.17) is 9.47 Å². The molecule has 0 aliphatic heterocycles. The maximum Gasteiger partial charge on any atom is 0.0700 e. The molecule has 0 aromatic carbocycles. The van der Waals surface area contributed by atoms with Crippen molar-refractivity contribution in [3.05, 3.63) is 0 Å². The first-order valence-corrected chi connectivity index (χ1v) is 7.94. The molecule has 1 fully saturated rings. The molecule has 0 bridgehead atoms. The van der Waals surface area contributed by atoms with Gasteiger partial charge in [0, 0.05) is 19.8 Å². The second-order valence-corrected chi connectivity index (χ2v) is 6.56. The Balaban J connectivity index is 1.94. The molecule has 1 aliphatic carbocycles. The van der Waals surface area contributed by atoms with Gasteiger partial charge in [-0.25, -0.2) is 0 Å². The monoisotopic (exact) mass is 271 g/mol. The molecule has 0 aromatic rings. The van der Waals surface area contributed by atoms with Gasteiger partial charge in [-0.15, -0.1) is 0 Å². The van der Waals surface area contributed by atoms with Gasteiger partial charge in [0.25, 0.3) is 0 Å². The summed E-state index contributed by atoms with van der Waals surface area (Å²) in [7, 11) is 1.71. The topological polar surface area (TPSA) is 30.5 Å². The van der Waals surface area contributed by atoms with Crippen LogP contribution in [0.3, 0.4) is 0 Å². The Kier molecular flexibility index (Phi) is 8.67. The molecule has 0 radical (unpaired) electrons. The van der Waals surface area contributed by atoms with Gasteiger partial charge in [0.05, 0.1) is 13.2 Å². The highest BCUT2D eigenvalue weighted by Crippen LogP contribution is 2.33. The molecule has 1 saturated carbocycles. The van der Waals surface area contributed by atoms with Gasteiger partial charge in [-0.2, -0.15) is 0 Å². The van der Waals surface area contributed by atoms with E-state index in [1.165, 1.54) is 38.5 Å². The smallest absolute Gasteiger partial charge is 0.0700 e.